The molecule has 2 aliphatic heterocycles. The Morgan fingerprint density at radius 3 is 2.59 bits per heavy atom. The van der Waals surface area contributed by atoms with Gasteiger partial charge in [-0.05, 0) is 46.7 Å². The summed E-state index contributed by atoms with van der Waals surface area (Å²) in [5.41, 5.74) is -0.0697. The summed E-state index contributed by atoms with van der Waals surface area (Å²) >= 11 is 0. The summed E-state index contributed by atoms with van der Waals surface area (Å²) in [4.78, 5) is 29.1. The van der Waals surface area contributed by atoms with E-state index in [9.17, 15) is 23.3 Å². The van der Waals surface area contributed by atoms with Gasteiger partial charge in [0.15, 0.2) is 0 Å². The van der Waals surface area contributed by atoms with Crippen molar-refractivity contribution in [3.8, 4) is 5.75 Å². The molecule has 0 N–H and O–H groups in total. The predicted molar refractivity (Wildman–Crippen MR) is 123 cm³/mol. The van der Waals surface area contributed by atoms with Crippen LogP contribution in [0.15, 0.2) is 35.4 Å². The zero-order valence-electron chi connectivity index (χ0n) is 19.3. The van der Waals surface area contributed by atoms with Gasteiger partial charge in [-0.15, -0.1) is 0 Å². The Kier molecular flexibility index (Phi) is 6.63. The minimum absolute atomic E-state index is 0.000871. The van der Waals surface area contributed by atoms with E-state index in [1.165, 1.54) is 23.7 Å². The van der Waals surface area contributed by atoms with Gasteiger partial charge < -0.3 is 24.3 Å². The molecule has 11 nitrogen and oxygen atoms in total. The van der Waals surface area contributed by atoms with Gasteiger partial charge >= 0.3 is 5.82 Å². The molecule has 0 bridgehead atoms. The molecule has 2 saturated heterocycles. The van der Waals surface area contributed by atoms with Crippen LogP contribution in [-0.4, -0.2) is 71.3 Å². The Bertz CT molecular complexity index is 1190. The van der Waals surface area contributed by atoms with Gasteiger partial charge in [0.25, 0.3) is 0 Å². The first-order valence-electron chi connectivity index (χ1n) is 11.2. The fraction of sp³-hybridized carbons (Fsp3) is 0.545. The number of aryl methyl sites for hydroxylation is 2. The number of rotatable bonds is 7. The number of benzene rings is 1. The third-order valence-electron chi connectivity index (χ3n) is 6.97. The van der Waals surface area contributed by atoms with Crippen LogP contribution in [0.3, 0.4) is 0 Å². The highest BCUT2D eigenvalue weighted by atomic mass is 32.2. The lowest BCUT2D eigenvalue weighted by molar-refractivity contribution is -0.389. The molecule has 1 aromatic carbocycles. The van der Waals surface area contributed by atoms with Gasteiger partial charge in [-0.2, -0.15) is 4.31 Å². The molecular weight excluding hydrogens is 462 g/mol. The Labute approximate surface area is 198 Å². The highest BCUT2D eigenvalue weighted by molar-refractivity contribution is 7.89. The first kappa shape index (κ1) is 24.1. The smallest absolute Gasteiger partial charge is 0.381 e. The number of methoxy groups -OCH3 is 1. The second kappa shape index (κ2) is 9.34. The van der Waals surface area contributed by atoms with E-state index in [-0.39, 0.29) is 28.5 Å². The average molecular weight is 492 g/mol. The number of carbonyl (C=O) groups excluding carboxylic acids is 1. The van der Waals surface area contributed by atoms with Crippen molar-refractivity contribution in [2.45, 2.75) is 44.0 Å². The van der Waals surface area contributed by atoms with Crippen molar-refractivity contribution >= 4 is 21.7 Å². The summed E-state index contributed by atoms with van der Waals surface area (Å²) in [6, 6.07) is 6.49. The number of aromatic nitrogens is 2. The number of sulfonamides is 1. The van der Waals surface area contributed by atoms with Crippen molar-refractivity contribution in [3.63, 3.8) is 0 Å². The van der Waals surface area contributed by atoms with Gasteiger partial charge in [0.2, 0.25) is 21.8 Å². The predicted octanol–water partition coefficient (Wildman–Crippen LogP) is 2.20. The van der Waals surface area contributed by atoms with Crippen LogP contribution in [0.25, 0.3) is 0 Å². The van der Waals surface area contributed by atoms with Crippen molar-refractivity contribution in [3.05, 3.63) is 46.4 Å². The first-order chi connectivity index (χ1) is 16.1. The third kappa shape index (κ3) is 4.78. The number of carbonyl (C=O) groups is 1. The third-order valence-corrected chi connectivity index (χ3v) is 8.86. The van der Waals surface area contributed by atoms with Crippen molar-refractivity contribution in [1.29, 1.82) is 0 Å². The normalized spacial score (nSPS) is 18.4. The topological polar surface area (TPSA) is 128 Å². The number of nitrogens with zero attached hydrogens (tertiary/aromatic N) is 5. The zero-order chi connectivity index (χ0) is 24.5. The van der Waals surface area contributed by atoms with Crippen molar-refractivity contribution in [1.82, 2.24) is 18.8 Å². The number of hydrogen-bond donors (Lipinski definition) is 0. The number of likely N-dealkylation sites (tertiary alicyclic amines) is 1. The number of hydrogen-bond acceptors (Lipinski definition) is 7. The number of ether oxygens (including phenoxy) is 1. The zero-order valence-corrected chi connectivity index (χ0v) is 20.2. The van der Waals surface area contributed by atoms with E-state index in [1.54, 1.807) is 29.7 Å². The van der Waals surface area contributed by atoms with Gasteiger partial charge in [0.05, 0.1) is 12.0 Å². The Hall–Kier alpha value is -2.99. The number of piperidine rings is 1. The van der Waals surface area contributed by atoms with E-state index in [1.807, 2.05) is 4.90 Å². The first-order valence-corrected chi connectivity index (χ1v) is 12.7. The summed E-state index contributed by atoms with van der Waals surface area (Å²) in [5, 5.41) is 10.9. The van der Waals surface area contributed by atoms with E-state index >= 15 is 0 Å². The molecule has 1 spiro atoms. The second-order valence-corrected chi connectivity index (χ2v) is 10.9. The monoisotopic (exact) mass is 491 g/mol. The summed E-state index contributed by atoms with van der Waals surface area (Å²) < 4.78 is 34.5. The molecule has 12 heteroatoms. The summed E-state index contributed by atoms with van der Waals surface area (Å²) in [5.74, 6) is 0.779. The van der Waals surface area contributed by atoms with E-state index in [2.05, 4.69) is 4.98 Å². The molecule has 0 atom stereocenters. The molecule has 4 rings (SSSR count). The molecule has 2 aliphatic rings. The maximum Gasteiger partial charge on any atom is 0.381 e. The second-order valence-electron chi connectivity index (χ2n) is 9.00. The fourth-order valence-electron chi connectivity index (χ4n) is 4.85. The Morgan fingerprint density at radius 1 is 1.24 bits per heavy atom. The molecule has 34 heavy (non-hydrogen) atoms. The van der Waals surface area contributed by atoms with Crippen LogP contribution in [0.5, 0.6) is 5.75 Å². The molecule has 0 aliphatic carbocycles. The largest absolute Gasteiger partial charge is 0.497 e. The lowest BCUT2D eigenvalue weighted by atomic mass is 9.78. The van der Waals surface area contributed by atoms with Crippen molar-refractivity contribution < 1.29 is 22.9 Å². The van der Waals surface area contributed by atoms with Crippen molar-refractivity contribution in [2.24, 2.45) is 5.41 Å². The standard InChI is InChI=1S/C22H29N5O6S/c1-17-23-20(27(29)30)15-24(17)10-6-21(28)25-11-7-22(16-25)8-12-26(13-9-22)34(31,32)19-5-3-4-18(14-19)33-2/h3-5,14-15H,6-13,16H2,1-2H3. The molecule has 3 heterocycles. The van der Waals surface area contributed by atoms with Crippen molar-refractivity contribution in [2.75, 3.05) is 33.3 Å². The molecule has 2 fully saturated rings. The van der Waals surface area contributed by atoms with E-state index in [4.69, 9.17) is 4.74 Å². The van der Waals surface area contributed by atoms with E-state index in [0.717, 1.165) is 6.42 Å². The van der Waals surface area contributed by atoms with Crippen LogP contribution >= 0.6 is 0 Å². The maximum absolute atomic E-state index is 13.1. The molecule has 0 saturated carbocycles. The van der Waals surface area contributed by atoms with Gasteiger partial charge in [0.1, 0.15) is 11.9 Å². The van der Waals surface area contributed by atoms with Crippen LogP contribution in [0.1, 0.15) is 31.5 Å². The molecular formula is C22H29N5O6S. The minimum atomic E-state index is -3.60. The highest BCUT2D eigenvalue weighted by Crippen LogP contribution is 2.41. The summed E-state index contributed by atoms with van der Waals surface area (Å²) in [6.45, 7) is 4.10. The highest BCUT2D eigenvalue weighted by Gasteiger charge is 2.44. The number of nitro groups is 1. The van der Waals surface area contributed by atoms with Crippen LogP contribution in [0, 0.1) is 22.5 Å². The van der Waals surface area contributed by atoms with Crippen LogP contribution in [0.2, 0.25) is 0 Å². The molecule has 0 radical (unpaired) electrons. The quantitative estimate of drug-likeness (QED) is 0.429. The lowest BCUT2D eigenvalue weighted by Crippen LogP contribution is -2.44. The van der Waals surface area contributed by atoms with Crippen LogP contribution in [-0.2, 0) is 21.4 Å². The number of imidazole rings is 1. The average Bonchev–Trinajstić information content (AvgIpc) is 3.41. The Morgan fingerprint density at radius 2 is 1.94 bits per heavy atom. The van der Waals surface area contributed by atoms with E-state index in [0.29, 0.717) is 57.1 Å². The molecule has 1 amide bonds. The van der Waals surface area contributed by atoms with Gasteiger partial charge in [-0.1, -0.05) is 6.07 Å². The van der Waals surface area contributed by atoms with Crippen LogP contribution < -0.4 is 4.74 Å². The van der Waals surface area contributed by atoms with Gasteiger partial charge in [-0.3, -0.25) is 4.79 Å². The number of amides is 1. The Balaban J connectivity index is 1.33. The SMILES string of the molecule is COc1cccc(S(=O)(=O)N2CCC3(CCN(C(=O)CCn4cc([N+](=O)[O-])nc4C)C3)CC2)c1. The summed E-state index contributed by atoms with van der Waals surface area (Å²) in [6.07, 6.45) is 3.84. The fourth-order valence-corrected chi connectivity index (χ4v) is 6.32. The van der Waals surface area contributed by atoms with E-state index < -0.39 is 14.9 Å². The minimum Gasteiger partial charge on any atom is -0.497 e. The molecule has 1 aromatic heterocycles. The van der Waals surface area contributed by atoms with Gasteiger partial charge in [0, 0.05) is 52.1 Å². The summed E-state index contributed by atoms with van der Waals surface area (Å²) in [7, 11) is -2.10. The maximum atomic E-state index is 13.1. The molecule has 184 valence electrons. The molecule has 0 unspecified atom stereocenters. The van der Waals surface area contributed by atoms with Gasteiger partial charge in [-0.25, -0.2) is 8.42 Å². The molecule has 2 aromatic rings. The lowest BCUT2D eigenvalue weighted by Gasteiger charge is -2.38. The van der Waals surface area contributed by atoms with Crippen LogP contribution in [0.4, 0.5) is 5.82 Å².